The van der Waals surface area contributed by atoms with Crippen molar-refractivity contribution in [2.24, 2.45) is 4.99 Å². The first-order valence-electron chi connectivity index (χ1n) is 10.1. The normalized spacial score (nSPS) is 18.3. The summed E-state index contributed by atoms with van der Waals surface area (Å²) in [5.41, 5.74) is 1.40. The Morgan fingerprint density at radius 2 is 1.96 bits per heavy atom. The molecule has 5 nitrogen and oxygen atoms in total. The maximum absolute atomic E-state index is 4.37. The quantitative estimate of drug-likeness (QED) is 0.424. The molecule has 146 valence electrons. The van der Waals surface area contributed by atoms with Crippen LogP contribution in [0, 0.1) is 0 Å². The highest BCUT2D eigenvalue weighted by atomic mass is 15.2. The lowest BCUT2D eigenvalue weighted by Crippen LogP contribution is -2.43. The Kier molecular flexibility index (Phi) is 9.50. The minimum atomic E-state index is 0.405. The van der Waals surface area contributed by atoms with Crippen LogP contribution in [0.2, 0.25) is 0 Å². The van der Waals surface area contributed by atoms with Gasteiger partial charge in [0.05, 0.1) is 0 Å². The van der Waals surface area contributed by atoms with Gasteiger partial charge >= 0.3 is 0 Å². The number of likely N-dealkylation sites (N-methyl/N-ethyl adjacent to an activating group) is 1. The van der Waals surface area contributed by atoms with E-state index in [9.17, 15) is 0 Å². The van der Waals surface area contributed by atoms with Crippen LogP contribution in [0.25, 0.3) is 0 Å². The van der Waals surface area contributed by atoms with E-state index in [0.29, 0.717) is 6.04 Å². The number of nitrogens with zero attached hydrogens (tertiary/aromatic N) is 3. The fraction of sp³-hybridized carbons (Fsp3) is 0.667. The molecule has 5 heteroatoms. The molecule has 0 spiro atoms. The van der Waals surface area contributed by atoms with Crippen molar-refractivity contribution in [2.45, 2.75) is 38.6 Å². The van der Waals surface area contributed by atoms with Gasteiger partial charge in [0.15, 0.2) is 5.96 Å². The van der Waals surface area contributed by atoms with Crippen molar-refractivity contribution in [3.05, 3.63) is 35.9 Å². The zero-order valence-corrected chi connectivity index (χ0v) is 16.9. The molecule has 1 unspecified atom stereocenters. The number of guanidine groups is 1. The molecule has 1 saturated heterocycles. The number of aryl methyl sites for hydroxylation is 1. The number of hydrogen-bond acceptors (Lipinski definition) is 3. The monoisotopic (exact) mass is 359 g/mol. The molecular weight excluding hydrogens is 322 g/mol. The van der Waals surface area contributed by atoms with Gasteiger partial charge in [-0.1, -0.05) is 30.3 Å². The third-order valence-electron chi connectivity index (χ3n) is 5.07. The summed E-state index contributed by atoms with van der Waals surface area (Å²) in [6, 6.07) is 11.1. The van der Waals surface area contributed by atoms with Crippen LogP contribution in [-0.2, 0) is 6.42 Å². The molecule has 0 saturated carbocycles. The first-order chi connectivity index (χ1) is 12.7. The average Bonchev–Trinajstić information content (AvgIpc) is 2.87. The van der Waals surface area contributed by atoms with E-state index in [1.54, 1.807) is 0 Å². The summed E-state index contributed by atoms with van der Waals surface area (Å²) in [6.45, 7) is 9.21. The molecule has 0 amide bonds. The zero-order chi connectivity index (χ0) is 18.6. The number of nitrogens with one attached hydrogen (secondary N) is 2. The van der Waals surface area contributed by atoms with Crippen molar-refractivity contribution in [1.82, 2.24) is 20.4 Å². The minimum absolute atomic E-state index is 0.405. The summed E-state index contributed by atoms with van der Waals surface area (Å²) in [4.78, 5) is 9.38. The SMILES string of the molecule is CN=C(NCCCN1CCCN(C)CC1)NC(C)CCc1ccccc1. The second kappa shape index (κ2) is 11.9. The van der Waals surface area contributed by atoms with E-state index < -0.39 is 0 Å². The van der Waals surface area contributed by atoms with Crippen LogP contribution in [0.5, 0.6) is 0 Å². The zero-order valence-electron chi connectivity index (χ0n) is 16.9. The Hall–Kier alpha value is -1.59. The van der Waals surface area contributed by atoms with Crippen LogP contribution in [0.1, 0.15) is 31.7 Å². The first-order valence-corrected chi connectivity index (χ1v) is 10.1. The maximum Gasteiger partial charge on any atom is 0.191 e. The molecule has 0 radical (unpaired) electrons. The fourth-order valence-electron chi connectivity index (χ4n) is 3.36. The highest BCUT2D eigenvalue weighted by molar-refractivity contribution is 5.79. The minimum Gasteiger partial charge on any atom is -0.356 e. The predicted octanol–water partition coefficient (Wildman–Crippen LogP) is 2.20. The van der Waals surface area contributed by atoms with Gasteiger partial charge in [0.1, 0.15) is 0 Å². The van der Waals surface area contributed by atoms with Crippen molar-refractivity contribution >= 4 is 5.96 Å². The smallest absolute Gasteiger partial charge is 0.191 e. The van der Waals surface area contributed by atoms with Gasteiger partial charge in [-0.25, -0.2) is 0 Å². The number of hydrogen-bond donors (Lipinski definition) is 2. The summed E-state index contributed by atoms with van der Waals surface area (Å²) >= 11 is 0. The van der Waals surface area contributed by atoms with Crippen molar-refractivity contribution in [1.29, 1.82) is 0 Å². The van der Waals surface area contributed by atoms with Gasteiger partial charge in [-0.05, 0) is 64.9 Å². The lowest BCUT2D eigenvalue weighted by atomic mass is 10.1. The van der Waals surface area contributed by atoms with Gasteiger partial charge in [-0.2, -0.15) is 0 Å². The Balaban J connectivity index is 1.59. The van der Waals surface area contributed by atoms with Gasteiger partial charge in [0.25, 0.3) is 0 Å². The van der Waals surface area contributed by atoms with E-state index in [-0.39, 0.29) is 0 Å². The summed E-state index contributed by atoms with van der Waals surface area (Å²) in [5.74, 6) is 0.918. The highest BCUT2D eigenvalue weighted by Gasteiger charge is 2.11. The van der Waals surface area contributed by atoms with Crippen molar-refractivity contribution in [3.8, 4) is 0 Å². The molecule has 2 rings (SSSR count). The second-order valence-electron chi connectivity index (χ2n) is 7.42. The van der Waals surface area contributed by atoms with Crippen LogP contribution < -0.4 is 10.6 Å². The summed E-state index contributed by atoms with van der Waals surface area (Å²) in [6.07, 6.45) is 4.64. The molecule has 1 aromatic rings. The van der Waals surface area contributed by atoms with Crippen LogP contribution in [0.15, 0.2) is 35.3 Å². The van der Waals surface area contributed by atoms with Gasteiger partial charge < -0.3 is 20.4 Å². The van der Waals surface area contributed by atoms with Gasteiger partial charge in [0, 0.05) is 32.7 Å². The Morgan fingerprint density at radius 1 is 1.15 bits per heavy atom. The van der Waals surface area contributed by atoms with Gasteiger partial charge in [-0.15, -0.1) is 0 Å². The largest absolute Gasteiger partial charge is 0.356 e. The predicted molar refractivity (Wildman–Crippen MR) is 112 cm³/mol. The molecule has 1 aliphatic heterocycles. The fourth-order valence-corrected chi connectivity index (χ4v) is 3.36. The maximum atomic E-state index is 4.37. The molecule has 2 N–H and O–H groups in total. The number of rotatable bonds is 8. The Labute approximate surface area is 159 Å². The number of benzene rings is 1. The van der Waals surface area contributed by atoms with E-state index in [1.165, 1.54) is 44.7 Å². The first kappa shape index (κ1) is 20.7. The van der Waals surface area contributed by atoms with E-state index >= 15 is 0 Å². The molecule has 0 aromatic heterocycles. The molecule has 1 aliphatic rings. The Bertz CT molecular complexity index is 516. The lowest BCUT2D eigenvalue weighted by molar-refractivity contribution is 0.274. The molecule has 1 heterocycles. The Morgan fingerprint density at radius 3 is 2.73 bits per heavy atom. The van der Waals surface area contributed by atoms with Crippen LogP contribution >= 0.6 is 0 Å². The van der Waals surface area contributed by atoms with Gasteiger partial charge in [-0.3, -0.25) is 4.99 Å². The standard InChI is InChI=1S/C21H37N5/c1-19(11-12-20-9-5-4-6-10-20)24-21(22-2)23-13-7-15-26-16-8-14-25(3)17-18-26/h4-6,9-10,19H,7-8,11-18H2,1-3H3,(H2,22,23,24). The van der Waals surface area contributed by atoms with Crippen LogP contribution in [0.3, 0.4) is 0 Å². The third-order valence-corrected chi connectivity index (χ3v) is 5.07. The topological polar surface area (TPSA) is 42.9 Å². The van der Waals surface area contributed by atoms with E-state index in [1.807, 2.05) is 7.05 Å². The molecule has 0 aliphatic carbocycles. The van der Waals surface area contributed by atoms with E-state index in [0.717, 1.165) is 31.8 Å². The summed E-state index contributed by atoms with van der Waals surface area (Å²) < 4.78 is 0. The molecular formula is C21H37N5. The lowest BCUT2D eigenvalue weighted by Gasteiger charge is -2.21. The van der Waals surface area contributed by atoms with Gasteiger partial charge in [0.2, 0.25) is 0 Å². The number of aliphatic imine (C=N–C) groups is 1. The van der Waals surface area contributed by atoms with Crippen LogP contribution in [0.4, 0.5) is 0 Å². The molecule has 1 atom stereocenters. The molecule has 0 bridgehead atoms. The second-order valence-corrected chi connectivity index (χ2v) is 7.42. The highest BCUT2D eigenvalue weighted by Crippen LogP contribution is 2.05. The molecule has 1 fully saturated rings. The van der Waals surface area contributed by atoms with E-state index in [2.05, 4.69) is 69.7 Å². The van der Waals surface area contributed by atoms with Crippen LogP contribution in [-0.4, -0.2) is 75.2 Å². The summed E-state index contributed by atoms with van der Waals surface area (Å²) in [5, 5.41) is 6.97. The molecule has 26 heavy (non-hydrogen) atoms. The molecule has 1 aromatic carbocycles. The van der Waals surface area contributed by atoms with Crippen molar-refractivity contribution in [3.63, 3.8) is 0 Å². The van der Waals surface area contributed by atoms with E-state index in [4.69, 9.17) is 0 Å². The van der Waals surface area contributed by atoms with Crippen molar-refractivity contribution in [2.75, 3.05) is 53.4 Å². The average molecular weight is 360 g/mol. The third kappa shape index (κ3) is 8.19. The van der Waals surface area contributed by atoms with Crippen molar-refractivity contribution < 1.29 is 0 Å². The summed E-state index contributed by atoms with van der Waals surface area (Å²) in [7, 11) is 4.07.